The molecule has 0 N–H and O–H groups in total. The second-order valence-electron chi connectivity index (χ2n) is 5.34. The maximum Gasteiger partial charge on any atom is 0.173 e. The molecule has 1 aliphatic carbocycles. The maximum absolute atomic E-state index is 12.9. The Morgan fingerprint density at radius 3 is 3.00 bits per heavy atom. The van der Waals surface area contributed by atoms with E-state index in [0.29, 0.717) is 24.5 Å². The number of rotatable bonds is 5. The van der Waals surface area contributed by atoms with Crippen molar-refractivity contribution in [3.8, 4) is 11.5 Å². The lowest BCUT2D eigenvalue weighted by atomic mass is 9.84. The highest BCUT2D eigenvalue weighted by atomic mass is 16.5. The van der Waals surface area contributed by atoms with Crippen LogP contribution in [0.25, 0.3) is 0 Å². The summed E-state index contributed by atoms with van der Waals surface area (Å²) in [5.74, 6) is 1.41. The summed E-state index contributed by atoms with van der Waals surface area (Å²) in [4.78, 5) is 12.9. The smallest absolute Gasteiger partial charge is 0.173 e. The van der Waals surface area contributed by atoms with Crippen LogP contribution >= 0.6 is 0 Å². The van der Waals surface area contributed by atoms with Crippen LogP contribution in [0.15, 0.2) is 24.8 Å². The zero-order chi connectivity index (χ0) is 15.0. The summed E-state index contributed by atoms with van der Waals surface area (Å²) in [6, 6.07) is 3.70. The van der Waals surface area contributed by atoms with Crippen molar-refractivity contribution in [1.29, 1.82) is 0 Å². The highest BCUT2D eigenvalue weighted by molar-refractivity contribution is 6.07. The van der Waals surface area contributed by atoms with E-state index in [1.165, 1.54) is 0 Å². The quantitative estimate of drug-likeness (QED) is 0.781. The molecule has 0 fully saturated rings. The Morgan fingerprint density at radius 2 is 2.33 bits per heavy atom. The third kappa shape index (κ3) is 2.05. The van der Waals surface area contributed by atoms with Gasteiger partial charge >= 0.3 is 0 Å². The molecule has 112 valence electrons. The minimum atomic E-state index is -0.268. The van der Waals surface area contributed by atoms with Crippen LogP contribution in [0.1, 0.15) is 35.2 Å². The molecule has 0 amide bonds. The lowest BCUT2D eigenvalue weighted by molar-refractivity contribution is 0.0387. The molecule has 0 saturated carbocycles. The van der Waals surface area contributed by atoms with Gasteiger partial charge in [-0.05, 0) is 25.5 Å². The van der Waals surface area contributed by atoms with Gasteiger partial charge in [-0.15, -0.1) is 6.58 Å². The van der Waals surface area contributed by atoms with Gasteiger partial charge in [-0.25, -0.2) is 0 Å². The van der Waals surface area contributed by atoms with Gasteiger partial charge < -0.3 is 14.2 Å². The first-order chi connectivity index (χ1) is 10.2. The van der Waals surface area contributed by atoms with Crippen LogP contribution in [0.3, 0.4) is 0 Å². The van der Waals surface area contributed by atoms with Gasteiger partial charge in [0.2, 0.25) is 0 Å². The molecule has 1 aliphatic heterocycles. The van der Waals surface area contributed by atoms with E-state index < -0.39 is 0 Å². The first-order valence-electron chi connectivity index (χ1n) is 7.35. The van der Waals surface area contributed by atoms with Crippen molar-refractivity contribution in [2.45, 2.75) is 25.4 Å². The van der Waals surface area contributed by atoms with Crippen molar-refractivity contribution in [2.24, 2.45) is 5.92 Å². The standard InChI is InChI=1S/C17H20O4/c1-4-11(20-5-2)15-10-8-9-21-13-7-6-12(19-3)16(14(10)13)17(15)18/h4,6-7,10-11,15H,1,5,8-9H2,2-3H3. The van der Waals surface area contributed by atoms with Crippen LogP contribution in [-0.4, -0.2) is 32.2 Å². The summed E-state index contributed by atoms with van der Waals surface area (Å²) >= 11 is 0. The third-order valence-electron chi connectivity index (χ3n) is 4.37. The molecule has 0 saturated heterocycles. The summed E-state index contributed by atoms with van der Waals surface area (Å²) in [6.45, 7) is 6.95. The van der Waals surface area contributed by atoms with Crippen LogP contribution < -0.4 is 9.47 Å². The molecule has 0 bridgehead atoms. The number of Topliss-reactive ketones (excluding diaryl/α,β-unsaturated/α-hetero) is 1. The molecule has 3 rings (SSSR count). The second-order valence-corrected chi connectivity index (χ2v) is 5.34. The van der Waals surface area contributed by atoms with Crippen LogP contribution in [0.5, 0.6) is 11.5 Å². The number of hydrogen-bond donors (Lipinski definition) is 0. The Bertz CT molecular complexity index is 578. The van der Waals surface area contributed by atoms with Gasteiger partial charge in [0.05, 0.1) is 31.3 Å². The molecular formula is C17H20O4. The fourth-order valence-corrected chi connectivity index (χ4v) is 3.54. The zero-order valence-electron chi connectivity index (χ0n) is 12.4. The number of benzene rings is 1. The van der Waals surface area contributed by atoms with Gasteiger partial charge in [0.15, 0.2) is 5.78 Å². The molecule has 21 heavy (non-hydrogen) atoms. The van der Waals surface area contributed by atoms with Gasteiger partial charge in [0.1, 0.15) is 11.5 Å². The Kier molecular flexibility index (Phi) is 3.72. The van der Waals surface area contributed by atoms with E-state index >= 15 is 0 Å². The van der Waals surface area contributed by atoms with Crippen molar-refractivity contribution in [2.75, 3.05) is 20.3 Å². The van der Waals surface area contributed by atoms with Gasteiger partial charge in [-0.2, -0.15) is 0 Å². The molecule has 2 aliphatic rings. The number of carbonyl (C=O) groups excluding carboxylic acids is 1. The SMILES string of the molecule is C=CC(OCC)C1C(=O)c2c(OC)ccc3c2C1CCO3. The number of ketones is 1. The monoisotopic (exact) mass is 288 g/mol. The predicted molar refractivity (Wildman–Crippen MR) is 79.3 cm³/mol. The summed E-state index contributed by atoms with van der Waals surface area (Å²) in [7, 11) is 1.59. The lowest BCUT2D eigenvalue weighted by Crippen LogP contribution is -2.31. The molecule has 3 unspecified atom stereocenters. The molecule has 1 aromatic carbocycles. The highest BCUT2D eigenvalue weighted by Gasteiger charge is 2.48. The van der Waals surface area contributed by atoms with E-state index in [4.69, 9.17) is 14.2 Å². The highest BCUT2D eigenvalue weighted by Crippen LogP contribution is 2.51. The van der Waals surface area contributed by atoms with Gasteiger partial charge in [-0.3, -0.25) is 4.79 Å². The van der Waals surface area contributed by atoms with E-state index in [2.05, 4.69) is 6.58 Å². The fourth-order valence-electron chi connectivity index (χ4n) is 3.54. The van der Waals surface area contributed by atoms with E-state index in [1.807, 2.05) is 13.0 Å². The van der Waals surface area contributed by atoms with Crippen LogP contribution in [0.4, 0.5) is 0 Å². The second kappa shape index (κ2) is 5.53. The molecular weight excluding hydrogens is 268 g/mol. The Hall–Kier alpha value is -1.81. The molecule has 3 atom stereocenters. The number of hydrogen-bond acceptors (Lipinski definition) is 4. The normalized spacial score (nSPS) is 24.2. The molecule has 4 nitrogen and oxygen atoms in total. The Balaban J connectivity index is 2.11. The lowest BCUT2D eigenvalue weighted by Gasteiger charge is -2.29. The molecule has 1 aromatic rings. The fraction of sp³-hybridized carbons (Fsp3) is 0.471. The van der Waals surface area contributed by atoms with Crippen molar-refractivity contribution in [3.63, 3.8) is 0 Å². The average Bonchev–Trinajstić information content (AvgIpc) is 2.81. The van der Waals surface area contributed by atoms with E-state index in [-0.39, 0.29) is 23.7 Å². The summed E-state index contributed by atoms with van der Waals surface area (Å²) in [6.07, 6.45) is 2.29. The first kappa shape index (κ1) is 14.1. The Morgan fingerprint density at radius 1 is 1.52 bits per heavy atom. The van der Waals surface area contributed by atoms with Crippen LogP contribution in [-0.2, 0) is 4.74 Å². The summed E-state index contributed by atoms with van der Waals surface area (Å²) in [5, 5.41) is 0. The van der Waals surface area contributed by atoms with Gasteiger partial charge in [-0.1, -0.05) is 6.08 Å². The van der Waals surface area contributed by atoms with Crippen molar-refractivity contribution >= 4 is 5.78 Å². The minimum Gasteiger partial charge on any atom is -0.496 e. The topological polar surface area (TPSA) is 44.8 Å². The number of carbonyl (C=O) groups is 1. The van der Waals surface area contributed by atoms with E-state index in [0.717, 1.165) is 17.7 Å². The molecule has 0 spiro atoms. The zero-order valence-corrected chi connectivity index (χ0v) is 12.4. The van der Waals surface area contributed by atoms with Crippen molar-refractivity contribution in [3.05, 3.63) is 35.9 Å². The number of ether oxygens (including phenoxy) is 3. The van der Waals surface area contributed by atoms with Crippen LogP contribution in [0, 0.1) is 5.92 Å². The van der Waals surface area contributed by atoms with Crippen molar-refractivity contribution in [1.82, 2.24) is 0 Å². The average molecular weight is 288 g/mol. The first-order valence-corrected chi connectivity index (χ1v) is 7.35. The molecule has 4 heteroatoms. The third-order valence-corrected chi connectivity index (χ3v) is 4.37. The Labute approximate surface area is 124 Å². The van der Waals surface area contributed by atoms with E-state index in [1.54, 1.807) is 19.3 Å². The minimum absolute atomic E-state index is 0.0811. The van der Waals surface area contributed by atoms with E-state index in [9.17, 15) is 4.79 Å². The molecule has 0 radical (unpaired) electrons. The largest absolute Gasteiger partial charge is 0.496 e. The van der Waals surface area contributed by atoms with Gasteiger partial charge in [0, 0.05) is 18.1 Å². The molecule has 1 heterocycles. The van der Waals surface area contributed by atoms with Crippen molar-refractivity contribution < 1.29 is 19.0 Å². The number of methoxy groups -OCH3 is 1. The van der Waals surface area contributed by atoms with Gasteiger partial charge in [0.25, 0.3) is 0 Å². The maximum atomic E-state index is 12.9. The molecule has 0 aromatic heterocycles. The predicted octanol–water partition coefficient (Wildman–Crippen LogP) is 2.96. The summed E-state index contributed by atoms with van der Waals surface area (Å²) < 4.78 is 16.8. The summed E-state index contributed by atoms with van der Waals surface area (Å²) in [5.41, 5.74) is 1.65. The van der Waals surface area contributed by atoms with Crippen LogP contribution in [0.2, 0.25) is 0 Å².